The molecule has 8 heteroatoms. The highest BCUT2D eigenvalue weighted by molar-refractivity contribution is 5.90. The first-order valence-electron chi connectivity index (χ1n) is 10.0. The number of carbonyl (C=O) groups excluding carboxylic acids is 1. The molecule has 1 aliphatic rings. The number of amides is 2. The van der Waals surface area contributed by atoms with Crippen molar-refractivity contribution in [3.05, 3.63) is 23.8 Å². The maximum absolute atomic E-state index is 12.6. The average Bonchev–Trinajstić information content (AvgIpc) is 2.58. The monoisotopic (exact) mass is 407 g/mol. The molecule has 1 aromatic carbocycles. The van der Waals surface area contributed by atoms with Crippen molar-refractivity contribution >= 4 is 23.6 Å². The Balaban J connectivity index is 2.15. The Morgan fingerprint density at radius 3 is 2.21 bits per heavy atom. The van der Waals surface area contributed by atoms with Gasteiger partial charge >= 0.3 is 12.2 Å². The van der Waals surface area contributed by atoms with Gasteiger partial charge in [0.05, 0.1) is 0 Å². The molecule has 0 bridgehead atoms. The molecule has 1 saturated heterocycles. The van der Waals surface area contributed by atoms with E-state index in [2.05, 4.69) is 10.6 Å². The summed E-state index contributed by atoms with van der Waals surface area (Å²) in [6.07, 6.45) is 1.36. The van der Waals surface area contributed by atoms with Crippen LogP contribution in [0.5, 0.6) is 0 Å². The predicted molar refractivity (Wildman–Crippen MR) is 112 cm³/mol. The van der Waals surface area contributed by atoms with Crippen LogP contribution in [0.25, 0.3) is 0 Å². The van der Waals surface area contributed by atoms with Crippen molar-refractivity contribution in [3.63, 3.8) is 0 Å². The van der Waals surface area contributed by atoms with Crippen molar-refractivity contribution in [2.75, 3.05) is 10.6 Å². The second kappa shape index (κ2) is 9.00. The lowest BCUT2D eigenvalue weighted by molar-refractivity contribution is -0.256. The Morgan fingerprint density at radius 1 is 1.14 bits per heavy atom. The van der Waals surface area contributed by atoms with E-state index < -0.39 is 23.3 Å². The first kappa shape index (κ1) is 23.0. The number of unbranched alkanes of at least 4 members (excludes halogenated alkanes) is 1. The number of ether oxygens (including phenoxy) is 1. The second-order valence-corrected chi connectivity index (χ2v) is 8.86. The van der Waals surface area contributed by atoms with E-state index >= 15 is 0 Å². The number of hydroxylamine groups is 2. The van der Waals surface area contributed by atoms with Gasteiger partial charge in [0.15, 0.2) is 0 Å². The molecule has 1 fully saturated rings. The summed E-state index contributed by atoms with van der Waals surface area (Å²) in [7, 11) is 0. The quantitative estimate of drug-likeness (QED) is 0.523. The first-order chi connectivity index (χ1) is 13.5. The number of benzene rings is 1. The van der Waals surface area contributed by atoms with Gasteiger partial charge in [0.25, 0.3) is 0 Å². The van der Waals surface area contributed by atoms with Crippen molar-refractivity contribution < 1.29 is 24.6 Å². The van der Waals surface area contributed by atoms with Gasteiger partial charge in [-0.1, -0.05) is 19.4 Å². The van der Waals surface area contributed by atoms with E-state index in [0.717, 1.165) is 18.4 Å². The number of nitrogens with zero attached hydrogens (tertiary/aromatic N) is 1. The molecule has 2 rings (SSSR count). The van der Waals surface area contributed by atoms with Crippen LogP contribution in [0.2, 0.25) is 0 Å². The third-order valence-electron chi connectivity index (χ3n) is 5.31. The van der Waals surface area contributed by atoms with Crippen molar-refractivity contribution in [1.82, 2.24) is 5.06 Å². The normalized spacial score (nSPS) is 18.8. The number of carboxylic acid groups (broad SMARTS) is 1. The van der Waals surface area contributed by atoms with Crippen molar-refractivity contribution in [2.24, 2.45) is 0 Å². The Kier molecular flexibility index (Phi) is 7.13. The second-order valence-electron chi connectivity index (χ2n) is 8.86. The third-order valence-corrected chi connectivity index (χ3v) is 5.31. The minimum Gasteiger partial charge on any atom is -0.465 e. The molecular formula is C21H33N3O5. The highest BCUT2D eigenvalue weighted by Gasteiger charge is 2.46. The van der Waals surface area contributed by atoms with Crippen molar-refractivity contribution in [3.8, 4) is 0 Å². The van der Waals surface area contributed by atoms with Gasteiger partial charge in [-0.05, 0) is 58.2 Å². The number of piperidine rings is 1. The van der Waals surface area contributed by atoms with Gasteiger partial charge in [0, 0.05) is 35.3 Å². The first-order valence-corrected chi connectivity index (χ1v) is 10.0. The van der Waals surface area contributed by atoms with Crippen LogP contribution >= 0.6 is 0 Å². The van der Waals surface area contributed by atoms with Gasteiger partial charge in [-0.2, -0.15) is 5.06 Å². The van der Waals surface area contributed by atoms with E-state index in [0.29, 0.717) is 30.6 Å². The molecule has 162 valence electrons. The summed E-state index contributed by atoms with van der Waals surface area (Å²) in [6, 6.07) is 5.11. The molecule has 1 aliphatic heterocycles. The molecule has 4 N–H and O–H groups in total. The summed E-state index contributed by atoms with van der Waals surface area (Å²) in [6.45, 7) is 9.68. The van der Waals surface area contributed by atoms with Crippen molar-refractivity contribution in [1.29, 1.82) is 0 Å². The molecule has 0 aliphatic carbocycles. The summed E-state index contributed by atoms with van der Waals surface area (Å²) in [5, 5.41) is 26.0. The zero-order valence-electron chi connectivity index (χ0n) is 17.9. The van der Waals surface area contributed by atoms with Crippen LogP contribution in [0.1, 0.15) is 65.9 Å². The molecule has 1 aromatic rings. The van der Waals surface area contributed by atoms with Crippen LogP contribution in [-0.2, 0) is 11.2 Å². The fourth-order valence-electron chi connectivity index (χ4n) is 4.11. The van der Waals surface area contributed by atoms with Crippen LogP contribution in [0.3, 0.4) is 0 Å². The summed E-state index contributed by atoms with van der Waals surface area (Å²) in [5.74, 6) is 0. The lowest BCUT2D eigenvalue weighted by Crippen LogP contribution is -2.60. The molecule has 2 amide bonds. The fraction of sp³-hybridized carbons (Fsp3) is 0.619. The third kappa shape index (κ3) is 5.83. The van der Waals surface area contributed by atoms with E-state index in [1.54, 1.807) is 18.2 Å². The number of hydrogen-bond donors (Lipinski definition) is 4. The van der Waals surface area contributed by atoms with E-state index in [1.165, 1.54) is 5.06 Å². The molecule has 0 spiro atoms. The molecule has 8 nitrogen and oxygen atoms in total. The standard InChI is InChI=1S/C21H33N3O5/c1-6-7-9-15-16(22-18(25)26)10-8-11-17(15)23-19(27)29-14-12-20(2,3)24(28)21(4,5)13-14/h8,10-11,14,22,28H,6-7,9,12-13H2,1-5H3,(H,23,27)(H,25,26). The van der Waals surface area contributed by atoms with E-state index in [4.69, 9.17) is 9.84 Å². The molecule has 0 unspecified atom stereocenters. The smallest absolute Gasteiger partial charge is 0.411 e. The minimum atomic E-state index is -1.15. The number of nitrogens with one attached hydrogen (secondary N) is 2. The summed E-state index contributed by atoms with van der Waals surface area (Å²) < 4.78 is 5.67. The maximum Gasteiger partial charge on any atom is 0.411 e. The molecule has 0 saturated carbocycles. The van der Waals surface area contributed by atoms with Gasteiger partial charge in [-0.15, -0.1) is 0 Å². The molecular weight excluding hydrogens is 374 g/mol. The number of hydrogen-bond acceptors (Lipinski definition) is 5. The molecule has 0 radical (unpaired) electrons. The van der Waals surface area contributed by atoms with E-state index in [9.17, 15) is 14.8 Å². The lowest BCUT2D eigenvalue weighted by Gasteiger charge is -2.50. The van der Waals surface area contributed by atoms with Gasteiger partial charge < -0.3 is 15.1 Å². The van der Waals surface area contributed by atoms with Gasteiger partial charge in [0.2, 0.25) is 0 Å². The Morgan fingerprint density at radius 2 is 1.69 bits per heavy atom. The minimum absolute atomic E-state index is 0.345. The van der Waals surface area contributed by atoms with Crippen LogP contribution in [0.15, 0.2) is 18.2 Å². The van der Waals surface area contributed by atoms with Crippen LogP contribution < -0.4 is 10.6 Å². The SMILES string of the molecule is CCCCc1c(NC(=O)O)cccc1NC(=O)OC1CC(C)(C)N(O)C(C)(C)C1. The maximum atomic E-state index is 12.6. The average molecular weight is 408 g/mol. The Bertz CT molecular complexity index is 730. The van der Waals surface area contributed by atoms with Crippen LogP contribution in [0.4, 0.5) is 21.0 Å². The summed E-state index contributed by atoms with van der Waals surface area (Å²) in [4.78, 5) is 23.7. The lowest BCUT2D eigenvalue weighted by atomic mass is 9.80. The highest BCUT2D eigenvalue weighted by atomic mass is 16.6. The van der Waals surface area contributed by atoms with Crippen molar-refractivity contribution in [2.45, 2.75) is 83.9 Å². The molecule has 29 heavy (non-hydrogen) atoms. The highest BCUT2D eigenvalue weighted by Crippen LogP contribution is 2.38. The van der Waals surface area contributed by atoms with Gasteiger partial charge in [0.1, 0.15) is 6.10 Å². The number of rotatable bonds is 6. The van der Waals surface area contributed by atoms with E-state index in [-0.39, 0.29) is 6.10 Å². The largest absolute Gasteiger partial charge is 0.465 e. The number of carbonyl (C=O) groups is 2. The Hall–Kier alpha value is -2.32. The summed E-state index contributed by atoms with van der Waals surface area (Å²) in [5.41, 5.74) is 0.682. The fourth-order valence-corrected chi connectivity index (χ4v) is 4.11. The Labute approximate surface area is 172 Å². The van der Waals surface area contributed by atoms with E-state index in [1.807, 2.05) is 34.6 Å². The molecule has 0 aromatic heterocycles. The van der Waals surface area contributed by atoms with Gasteiger partial charge in [-0.25, -0.2) is 9.59 Å². The molecule has 1 heterocycles. The molecule has 0 atom stereocenters. The summed E-state index contributed by atoms with van der Waals surface area (Å²) >= 11 is 0. The van der Waals surface area contributed by atoms with Crippen LogP contribution in [0, 0.1) is 0 Å². The zero-order chi connectivity index (χ0) is 21.8. The number of anilines is 2. The predicted octanol–water partition coefficient (Wildman–Crippen LogP) is 5.08. The zero-order valence-corrected chi connectivity index (χ0v) is 17.9. The van der Waals surface area contributed by atoms with Gasteiger partial charge in [-0.3, -0.25) is 10.6 Å². The topological polar surface area (TPSA) is 111 Å². The van der Waals surface area contributed by atoms with Crippen LogP contribution in [-0.4, -0.2) is 44.7 Å².